The van der Waals surface area contributed by atoms with Crippen molar-refractivity contribution in [3.8, 4) is 5.69 Å². The van der Waals surface area contributed by atoms with Crippen LogP contribution in [0.25, 0.3) is 28.7 Å². The molecule has 0 aliphatic heterocycles. The Bertz CT molecular complexity index is 1270. The average molecular weight is 431 g/mol. The van der Waals surface area contributed by atoms with Gasteiger partial charge in [-0.05, 0) is 61.4 Å². The van der Waals surface area contributed by atoms with E-state index in [9.17, 15) is 4.79 Å². The molecule has 0 saturated carbocycles. The maximum absolute atomic E-state index is 13.3. The quantitative estimate of drug-likeness (QED) is 0.403. The minimum Gasteiger partial charge on any atom is -0.268 e. The normalized spacial score (nSPS) is 11.4. The summed E-state index contributed by atoms with van der Waals surface area (Å²) in [4.78, 5) is 18.1. The van der Waals surface area contributed by atoms with Crippen LogP contribution in [0.1, 0.15) is 22.5 Å². The first-order chi connectivity index (χ1) is 13.5. The van der Waals surface area contributed by atoms with Gasteiger partial charge in [0.1, 0.15) is 5.82 Å². The third-order valence-corrected chi connectivity index (χ3v) is 5.16. The van der Waals surface area contributed by atoms with Crippen molar-refractivity contribution in [2.24, 2.45) is 0 Å². The summed E-state index contributed by atoms with van der Waals surface area (Å²) in [6.45, 7) is 4.07. The van der Waals surface area contributed by atoms with E-state index in [2.05, 4.69) is 22.0 Å². The van der Waals surface area contributed by atoms with E-state index in [1.807, 2.05) is 86.7 Å². The zero-order valence-electron chi connectivity index (χ0n) is 15.7. The molecule has 0 amide bonds. The smallest absolute Gasteiger partial charge is 0.266 e. The van der Waals surface area contributed by atoms with Gasteiger partial charge in [0.05, 0.1) is 16.6 Å². The predicted octanol–water partition coefficient (Wildman–Crippen LogP) is 5.94. The molecule has 1 heterocycles. The van der Waals surface area contributed by atoms with E-state index in [-0.39, 0.29) is 5.56 Å². The lowest BCUT2D eigenvalue weighted by molar-refractivity contribution is 0.933. The molecule has 0 atom stereocenters. The van der Waals surface area contributed by atoms with Crippen molar-refractivity contribution < 1.29 is 0 Å². The van der Waals surface area contributed by atoms with Gasteiger partial charge in [-0.2, -0.15) is 0 Å². The van der Waals surface area contributed by atoms with Gasteiger partial charge in [0.2, 0.25) is 0 Å². The van der Waals surface area contributed by atoms with E-state index in [1.165, 1.54) is 0 Å². The van der Waals surface area contributed by atoms with E-state index >= 15 is 0 Å². The van der Waals surface area contributed by atoms with Crippen molar-refractivity contribution in [3.63, 3.8) is 0 Å². The molecule has 3 nitrogen and oxygen atoms in total. The first kappa shape index (κ1) is 18.4. The predicted molar refractivity (Wildman–Crippen MR) is 120 cm³/mol. The maximum Gasteiger partial charge on any atom is 0.266 e. The fourth-order valence-electron chi connectivity index (χ4n) is 3.33. The van der Waals surface area contributed by atoms with Crippen LogP contribution in [0.4, 0.5) is 0 Å². The van der Waals surface area contributed by atoms with Crippen molar-refractivity contribution in [2.75, 3.05) is 0 Å². The van der Waals surface area contributed by atoms with Crippen LogP contribution in [0.5, 0.6) is 0 Å². The second-order valence-electron chi connectivity index (χ2n) is 6.81. The number of para-hydroxylation sites is 1. The van der Waals surface area contributed by atoms with E-state index in [0.717, 1.165) is 26.9 Å². The molecule has 4 rings (SSSR count). The molecule has 0 N–H and O–H groups in total. The highest BCUT2D eigenvalue weighted by Gasteiger charge is 2.12. The third-order valence-electron chi connectivity index (χ3n) is 4.67. The van der Waals surface area contributed by atoms with Crippen LogP contribution in [0.3, 0.4) is 0 Å². The lowest BCUT2D eigenvalue weighted by Gasteiger charge is -2.14. The lowest BCUT2D eigenvalue weighted by atomic mass is 10.1. The Kier molecular flexibility index (Phi) is 4.97. The van der Waals surface area contributed by atoms with Gasteiger partial charge in [0.15, 0.2) is 0 Å². The Morgan fingerprint density at radius 3 is 2.54 bits per heavy atom. The molecule has 138 valence electrons. The van der Waals surface area contributed by atoms with E-state index in [1.54, 1.807) is 4.57 Å². The van der Waals surface area contributed by atoms with Crippen LogP contribution < -0.4 is 5.56 Å². The molecule has 0 radical (unpaired) electrons. The molecule has 0 aliphatic carbocycles. The molecule has 1 aromatic heterocycles. The second-order valence-corrected chi connectivity index (χ2v) is 7.72. The fraction of sp³-hybridized carbons (Fsp3) is 0.0833. The average Bonchev–Trinajstić information content (AvgIpc) is 2.68. The SMILES string of the molecule is Cc1ccc(-n2c(/C=C\c3cccc(Br)c3)nc3ccccc3c2=O)c(C)c1. The molecule has 0 spiro atoms. The Morgan fingerprint density at radius 1 is 0.929 bits per heavy atom. The zero-order chi connectivity index (χ0) is 19.7. The molecule has 0 aliphatic rings. The number of aromatic nitrogens is 2. The van der Waals surface area contributed by atoms with Gasteiger partial charge in [-0.15, -0.1) is 0 Å². The third kappa shape index (κ3) is 3.56. The number of benzene rings is 3. The van der Waals surface area contributed by atoms with Crippen LogP contribution >= 0.6 is 15.9 Å². The van der Waals surface area contributed by atoms with Crippen LogP contribution in [0.15, 0.2) is 76.0 Å². The van der Waals surface area contributed by atoms with Crippen molar-refractivity contribution >= 4 is 39.0 Å². The van der Waals surface area contributed by atoms with Gasteiger partial charge in [0.25, 0.3) is 5.56 Å². The Hall–Kier alpha value is -2.98. The first-order valence-corrected chi connectivity index (χ1v) is 9.85. The Balaban J connectivity index is 1.97. The number of rotatable bonds is 3. The molecule has 28 heavy (non-hydrogen) atoms. The monoisotopic (exact) mass is 430 g/mol. The highest BCUT2D eigenvalue weighted by Crippen LogP contribution is 2.20. The zero-order valence-corrected chi connectivity index (χ0v) is 17.3. The second kappa shape index (κ2) is 7.56. The summed E-state index contributed by atoms with van der Waals surface area (Å²) in [5, 5.41) is 0.613. The number of hydrogen-bond donors (Lipinski definition) is 0. The molecular weight excluding hydrogens is 412 g/mol. The molecule has 4 aromatic rings. The number of fused-ring (bicyclic) bond motifs is 1. The van der Waals surface area contributed by atoms with Crippen molar-refractivity contribution in [1.29, 1.82) is 0 Å². The number of halogens is 1. The van der Waals surface area contributed by atoms with Crippen molar-refractivity contribution in [1.82, 2.24) is 9.55 Å². The number of aryl methyl sites for hydroxylation is 2. The Morgan fingerprint density at radius 2 is 1.75 bits per heavy atom. The van der Waals surface area contributed by atoms with Crippen molar-refractivity contribution in [2.45, 2.75) is 13.8 Å². The van der Waals surface area contributed by atoms with Gasteiger partial charge in [-0.1, -0.05) is 64.0 Å². The summed E-state index contributed by atoms with van der Waals surface area (Å²) in [5.41, 5.74) is 4.71. The van der Waals surface area contributed by atoms with Gasteiger partial charge in [-0.3, -0.25) is 9.36 Å². The first-order valence-electron chi connectivity index (χ1n) is 9.06. The largest absolute Gasteiger partial charge is 0.268 e. The minimum absolute atomic E-state index is 0.0635. The van der Waals surface area contributed by atoms with E-state index < -0.39 is 0 Å². The molecule has 0 unspecified atom stereocenters. The minimum atomic E-state index is -0.0635. The summed E-state index contributed by atoms with van der Waals surface area (Å²) < 4.78 is 2.71. The molecule has 4 heteroatoms. The number of nitrogens with zero attached hydrogens (tertiary/aromatic N) is 2. The van der Waals surface area contributed by atoms with Crippen LogP contribution in [0, 0.1) is 13.8 Å². The van der Waals surface area contributed by atoms with Crippen LogP contribution in [-0.4, -0.2) is 9.55 Å². The van der Waals surface area contributed by atoms with Gasteiger partial charge < -0.3 is 0 Å². The van der Waals surface area contributed by atoms with Gasteiger partial charge >= 0.3 is 0 Å². The summed E-state index contributed by atoms with van der Waals surface area (Å²) in [6, 6.07) is 21.6. The number of hydrogen-bond acceptors (Lipinski definition) is 2. The molecular formula is C24H19BrN2O. The fourth-order valence-corrected chi connectivity index (χ4v) is 3.75. The molecule has 3 aromatic carbocycles. The Labute approximate surface area is 172 Å². The maximum atomic E-state index is 13.3. The summed E-state index contributed by atoms with van der Waals surface area (Å²) in [6.07, 6.45) is 3.87. The summed E-state index contributed by atoms with van der Waals surface area (Å²) in [5.74, 6) is 0.607. The molecule has 0 bridgehead atoms. The topological polar surface area (TPSA) is 34.9 Å². The lowest BCUT2D eigenvalue weighted by Crippen LogP contribution is -2.23. The van der Waals surface area contributed by atoms with Crippen LogP contribution in [-0.2, 0) is 0 Å². The molecule has 0 saturated heterocycles. The van der Waals surface area contributed by atoms with Crippen LogP contribution in [0.2, 0.25) is 0 Å². The van der Waals surface area contributed by atoms with Gasteiger partial charge in [0, 0.05) is 4.47 Å². The highest BCUT2D eigenvalue weighted by molar-refractivity contribution is 9.10. The summed E-state index contributed by atoms with van der Waals surface area (Å²) >= 11 is 3.50. The van der Waals surface area contributed by atoms with E-state index in [4.69, 9.17) is 4.98 Å². The van der Waals surface area contributed by atoms with E-state index in [0.29, 0.717) is 16.7 Å². The van der Waals surface area contributed by atoms with Gasteiger partial charge in [-0.25, -0.2) is 4.98 Å². The van der Waals surface area contributed by atoms with Crippen molar-refractivity contribution in [3.05, 3.63) is 104 Å². The molecule has 0 fully saturated rings. The summed E-state index contributed by atoms with van der Waals surface area (Å²) in [7, 11) is 0. The standard InChI is InChI=1S/C24H19BrN2O/c1-16-10-12-22(17(2)14-16)27-23(13-11-18-6-5-7-19(25)15-18)26-21-9-4-3-8-20(21)24(27)28/h3-15H,1-2H3/b13-11-. The highest BCUT2D eigenvalue weighted by atomic mass is 79.9.